The molecule has 1 atom stereocenters. The molecule has 0 spiro atoms. The Hall–Kier alpha value is -2.52. The molecule has 2 N–H and O–H groups in total. The molecule has 9 heteroatoms. The molecule has 0 saturated carbocycles. The molecule has 1 amide bonds. The van der Waals surface area contributed by atoms with Gasteiger partial charge in [0.1, 0.15) is 0 Å². The highest BCUT2D eigenvalue weighted by Gasteiger charge is 2.43. The van der Waals surface area contributed by atoms with Gasteiger partial charge >= 0.3 is 0 Å². The number of nitrogens with one attached hydrogen (secondary N) is 1. The summed E-state index contributed by atoms with van der Waals surface area (Å²) in [5.41, 5.74) is 2.29. The molecule has 2 aromatic rings. The standard InChI is InChI=1S/C16H19N3O5S/c1-16(15(21)18-22,25(2,23)24)8-9-19-11-17-13(10-14(19)20)12-6-4-3-5-7-12/h3-7,10-11,22H,8-9H2,1-2H3,(H,18,21)/t16-/m1/s1. The van der Waals surface area contributed by atoms with E-state index < -0.39 is 20.5 Å². The number of carbonyl (C=O) groups excluding carboxylic acids is 1. The second-order valence-electron chi connectivity index (χ2n) is 5.87. The van der Waals surface area contributed by atoms with Gasteiger partial charge in [-0.25, -0.2) is 18.9 Å². The van der Waals surface area contributed by atoms with E-state index in [0.717, 1.165) is 11.8 Å². The SMILES string of the molecule is C[C@@](CCn1cnc(-c2ccccc2)cc1=O)(C(=O)NO)S(C)(=O)=O. The number of aromatic nitrogens is 2. The van der Waals surface area contributed by atoms with Gasteiger partial charge in [-0.2, -0.15) is 0 Å². The van der Waals surface area contributed by atoms with Crippen molar-refractivity contribution in [3.63, 3.8) is 0 Å². The van der Waals surface area contributed by atoms with Crippen LogP contribution in [0.3, 0.4) is 0 Å². The van der Waals surface area contributed by atoms with Crippen LogP contribution in [0.2, 0.25) is 0 Å². The molecule has 25 heavy (non-hydrogen) atoms. The van der Waals surface area contributed by atoms with Crippen LogP contribution < -0.4 is 11.0 Å². The van der Waals surface area contributed by atoms with Crippen molar-refractivity contribution in [1.29, 1.82) is 0 Å². The largest absolute Gasteiger partial charge is 0.299 e. The maximum atomic E-state index is 12.2. The number of hydrogen-bond acceptors (Lipinski definition) is 6. The van der Waals surface area contributed by atoms with Crippen LogP contribution in [-0.2, 0) is 21.2 Å². The van der Waals surface area contributed by atoms with E-state index in [2.05, 4.69) is 4.98 Å². The van der Waals surface area contributed by atoms with Crippen LogP contribution in [0.1, 0.15) is 13.3 Å². The second-order valence-corrected chi connectivity index (χ2v) is 8.31. The number of aryl methyl sites for hydroxylation is 1. The summed E-state index contributed by atoms with van der Waals surface area (Å²) in [5.74, 6) is -1.04. The Morgan fingerprint density at radius 2 is 1.96 bits per heavy atom. The number of sulfone groups is 1. The molecule has 1 aromatic heterocycles. The van der Waals surface area contributed by atoms with E-state index in [9.17, 15) is 18.0 Å². The summed E-state index contributed by atoms with van der Waals surface area (Å²) >= 11 is 0. The first-order valence-electron chi connectivity index (χ1n) is 7.45. The summed E-state index contributed by atoms with van der Waals surface area (Å²) in [6, 6.07) is 10.5. The van der Waals surface area contributed by atoms with Crippen molar-refractivity contribution >= 4 is 15.7 Å². The summed E-state index contributed by atoms with van der Waals surface area (Å²) in [6.45, 7) is 1.16. The number of hydrogen-bond donors (Lipinski definition) is 2. The zero-order valence-electron chi connectivity index (χ0n) is 13.8. The van der Waals surface area contributed by atoms with Gasteiger partial charge in [0.15, 0.2) is 14.6 Å². The fraction of sp³-hybridized carbons (Fsp3) is 0.312. The predicted octanol–water partition coefficient (Wildman–Crippen LogP) is 0.609. The first-order valence-corrected chi connectivity index (χ1v) is 9.34. The number of rotatable bonds is 6. The Labute approximate surface area is 145 Å². The van der Waals surface area contributed by atoms with Crippen LogP contribution in [0, 0.1) is 0 Å². The smallest absolute Gasteiger partial charge is 0.264 e. The van der Waals surface area contributed by atoms with Gasteiger partial charge in [-0.05, 0) is 13.3 Å². The van der Waals surface area contributed by atoms with Crippen LogP contribution in [0.5, 0.6) is 0 Å². The van der Waals surface area contributed by atoms with E-state index in [1.165, 1.54) is 29.4 Å². The number of benzene rings is 1. The first-order chi connectivity index (χ1) is 11.7. The average Bonchev–Trinajstić information content (AvgIpc) is 2.59. The van der Waals surface area contributed by atoms with Crippen LogP contribution in [0.25, 0.3) is 11.3 Å². The third-order valence-corrected chi connectivity index (χ3v) is 6.21. The molecule has 134 valence electrons. The van der Waals surface area contributed by atoms with Crippen LogP contribution >= 0.6 is 0 Å². The van der Waals surface area contributed by atoms with Crippen molar-refractivity contribution in [2.75, 3.05) is 6.26 Å². The maximum absolute atomic E-state index is 12.2. The minimum Gasteiger partial charge on any atom is -0.299 e. The quantitative estimate of drug-likeness (QED) is 0.572. The van der Waals surface area contributed by atoms with E-state index in [0.29, 0.717) is 5.69 Å². The van der Waals surface area contributed by atoms with Gasteiger partial charge in [-0.1, -0.05) is 30.3 Å². The van der Waals surface area contributed by atoms with Crippen molar-refractivity contribution in [2.24, 2.45) is 0 Å². The van der Waals surface area contributed by atoms with E-state index in [-0.39, 0.29) is 18.5 Å². The molecule has 0 aliphatic carbocycles. The highest BCUT2D eigenvalue weighted by Crippen LogP contribution is 2.22. The molecule has 0 unspecified atom stereocenters. The van der Waals surface area contributed by atoms with Crippen molar-refractivity contribution in [2.45, 2.75) is 24.6 Å². The topological polar surface area (TPSA) is 118 Å². The second kappa shape index (κ2) is 7.16. The summed E-state index contributed by atoms with van der Waals surface area (Å²) in [7, 11) is -3.82. The normalized spacial score (nSPS) is 13.9. The van der Waals surface area contributed by atoms with Gasteiger partial charge in [-0.15, -0.1) is 0 Å². The monoisotopic (exact) mass is 365 g/mol. The molecule has 0 aliphatic heterocycles. The molecule has 0 bridgehead atoms. The van der Waals surface area contributed by atoms with Crippen molar-refractivity contribution in [1.82, 2.24) is 15.0 Å². The molecule has 1 aromatic carbocycles. The lowest BCUT2D eigenvalue weighted by Crippen LogP contribution is -2.50. The predicted molar refractivity (Wildman–Crippen MR) is 91.7 cm³/mol. The van der Waals surface area contributed by atoms with Crippen LogP contribution in [-0.4, -0.2) is 40.1 Å². The minimum absolute atomic E-state index is 0.0438. The summed E-state index contributed by atoms with van der Waals surface area (Å²) in [6.07, 6.45) is 2.02. The molecule has 2 rings (SSSR count). The fourth-order valence-electron chi connectivity index (χ4n) is 2.28. The highest BCUT2D eigenvalue weighted by atomic mass is 32.2. The Morgan fingerprint density at radius 1 is 1.32 bits per heavy atom. The Bertz CT molecular complexity index is 924. The summed E-state index contributed by atoms with van der Waals surface area (Å²) < 4.78 is 23.2. The highest BCUT2D eigenvalue weighted by molar-refractivity contribution is 7.92. The van der Waals surface area contributed by atoms with Crippen molar-refractivity contribution in [3.8, 4) is 11.3 Å². The Balaban J connectivity index is 2.26. The van der Waals surface area contributed by atoms with Gasteiger partial charge in [0.2, 0.25) is 0 Å². The molecular weight excluding hydrogens is 346 g/mol. The van der Waals surface area contributed by atoms with Gasteiger partial charge in [-0.3, -0.25) is 19.4 Å². The van der Waals surface area contributed by atoms with Gasteiger partial charge in [0.05, 0.1) is 12.0 Å². The van der Waals surface area contributed by atoms with Gasteiger partial charge < -0.3 is 0 Å². The molecular formula is C16H19N3O5S. The number of nitrogens with zero attached hydrogens (tertiary/aromatic N) is 2. The number of carbonyl (C=O) groups is 1. The Morgan fingerprint density at radius 3 is 2.48 bits per heavy atom. The van der Waals surface area contributed by atoms with Gasteiger partial charge in [0.25, 0.3) is 11.5 Å². The van der Waals surface area contributed by atoms with E-state index in [1.807, 2.05) is 30.3 Å². The molecule has 0 aliphatic rings. The van der Waals surface area contributed by atoms with Gasteiger partial charge in [0, 0.05) is 24.4 Å². The Kier molecular flexibility index (Phi) is 5.39. The van der Waals surface area contributed by atoms with E-state index >= 15 is 0 Å². The van der Waals surface area contributed by atoms with Crippen LogP contribution in [0.15, 0.2) is 47.5 Å². The third kappa shape index (κ3) is 3.94. The van der Waals surface area contributed by atoms with Crippen molar-refractivity contribution in [3.05, 3.63) is 53.1 Å². The maximum Gasteiger partial charge on any atom is 0.264 e. The third-order valence-electron chi connectivity index (χ3n) is 4.18. The first kappa shape index (κ1) is 18.8. The van der Waals surface area contributed by atoms with E-state index in [4.69, 9.17) is 5.21 Å². The van der Waals surface area contributed by atoms with Crippen molar-refractivity contribution < 1.29 is 18.4 Å². The summed E-state index contributed by atoms with van der Waals surface area (Å²) in [5, 5.41) is 8.80. The molecule has 0 saturated heterocycles. The molecule has 1 heterocycles. The molecule has 0 fully saturated rings. The average molecular weight is 365 g/mol. The number of amides is 1. The summed E-state index contributed by atoms with van der Waals surface area (Å²) in [4.78, 5) is 28.2. The molecule has 0 radical (unpaired) electrons. The zero-order chi connectivity index (χ0) is 18.7. The molecule has 8 nitrogen and oxygen atoms in total. The zero-order valence-corrected chi connectivity index (χ0v) is 14.7. The number of hydroxylamine groups is 1. The van der Waals surface area contributed by atoms with E-state index in [1.54, 1.807) is 0 Å². The lowest BCUT2D eigenvalue weighted by molar-refractivity contribution is -0.131. The lowest BCUT2D eigenvalue weighted by atomic mass is 10.1. The fourth-order valence-corrected chi connectivity index (χ4v) is 3.12. The van der Waals surface area contributed by atoms with Crippen LogP contribution in [0.4, 0.5) is 0 Å². The minimum atomic E-state index is -3.82. The lowest BCUT2D eigenvalue weighted by Gasteiger charge is -2.25.